The number of alkyl carbamates (subject to hydrolysis) is 1. The number of carboxylic acid groups (broad SMARTS) is 1. The summed E-state index contributed by atoms with van der Waals surface area (Å²) < 4.78 is 5.55. The zero-order chi connectivity index (χ0) is 23.4. The molecule has 0 saturated heterocycles. The van der Waals surface area contributed by atoms with Gasteiger partial charge in [-0.15, -0.1) is 0 Å². The van der Waals surface area contributed by atoms with Crippen molar-refractivity contribution in [1.82, 2.24) is 10.6 Å². The molecular formula is C26H30N2O5. The van der Waals surface area contributed by atoms with Crippen LogP contribution >= 0.6 is 0 Å². The fourth-order valence-electron chi connectivity index (χ4n) is 5.02. The lowest BCUT2D eigenvalue weighted by Crippen LogP contribution is -2.53. The van der Waals surface area contributed by atoms with Gasteiger partial charge in [-0.1, -0.05) is 68.3 Å². The number of ether oxygens (including phenoxy) is 1. The van der Waals surface area contributed by atoms with Gasteiger partial charge in [-0.2, -0.15) is 0 Å². The number of carboxylic acids is 1. The Hall–Kier alpha value is -3.35. The third-order valence-corrected chi connectivity index (χ3v) is 6.77. The Labute approximate surface area is 193 Å². The molecule has 174 valence electrons. The number of nitrogens with one attached hydrogen (secondary N) is 2. The molecule has 4 rings (SSSR count). The van der Waals surface area contributed by atoms with Crippen molar-refractivity contribution in [2.45, 2.75) is 57.0 Å². The van der Waals surface area contributed by atoms with Crippen LogP contribution in [-0.4, -0.2) is 41.8 Å². The fraction of sp³-hybridized carbons (Fsp3) is 0.423. The highest BCUT2D eigenvalue weighted by molar-refractivity contribution is 5.86. The van der Waals surface area contributed by atoms with E-state index < -0.39 is 30.1 Å². The van der Waals surface area contributed by atoms with Crippen molar-refractivity contribution in [2.24, 2.45) is 5.92 Å². The first-order valence-corrected chi connectivity index (χ1v) is 11.6. The molecule has 0 radical (unpaired) electrons. The van der Waals surface area contributed by atoms with Crippen LogP contribution in [0.2, 0.25) is 0 Å². The van der Waals surface area contributed by atoms with Crippen molar-refractivity contribution < 1.29 is 24.2 Å². The van der Waals surface area contributed by atoms with Crippen LogP contribution in [0.15, 0.2) is 48.5 Å². The molecule has 1 saturated carbocycles. The van der Waals surface area contributed by atoms with Gasteiger partial charge in [-0.05, 0) is 41.5 Å². The third kappa shape index (κ3) is 4.87. The molecule has 7 nitrogen and oxygen atoms in total. The van der Waals surface area contributed by atoms with E-state index in [0.717, 1.165) is 35.1 Å². The maximum absolute atomic E-state index is 12.8. The maximum atomic E-state index is 12.8. The number of rotatable bonds is 7. The first kappa shape index (κ1) is 22.8. The molecule has 3 N–H and O–H groups in total. The molecule has 0 heterocycles. The van der Waals surface area contributed by atoms with Crippen molar-refractivity contribution >= 4 is 18.0 Å². The largest absolute Gasteiger partial charge is 0.481 e. The van der Waals surface area contributed by atoms with Crippen LogP contribution in [0.25, 0.3) is 11.1 Å². The van der Waals surface area contributed by atoms with Crippen molar-refractivity contribution in [2.75, 3.05) is 6.61 Å². The van der Waals surface area contributed by atoms with Gasteiger partial charge < -0.3 is 20.5 Å². The fourth-order valence-corrected chi connectivity index (χ4v) is 5.02. The number of aliphatic carboxylic acids is 1. The molecule has 2 aliphatic rings. The molecule has 0 bridgehead atoms. The molecular weight excluding hydrogens is 420 g/mol. The van der Waals surface area contributed by atoms with E-state index in [1.807, 2.05) is 36.4 Å². The van der Waals surface area contributed by atoms with Crippen LogP contribution in [-0.2, 0) is 14.3 Å². The summed E-state index contributed by atoms with van der Waals surface area (Å²) in [5, 5.41) is 14.9. The van der Waals surface area contributed by atoms with Crippen LogP contribution in [0.1, 0.15) is 56.1 Å². The first-order valence-electron chi connectivity index (χ1n) is 11.6. The highest BCUT2D eigenvalue weighted by Gasteiger charge is 2.34. The summed E-state index contributed by atoms with van der Waals surface area (Å²) in [4.78, 5) is 36.8. The van der Waals surface area contributed by atoms with Crippen LogP contribution in [0.4, 0.5) is 4.79 Å². The minimum Gasteiger partial charge on any atom is -0.481 e. The smallest absolute Gasteiger partial charge is 0.407 e. The van der Waals surface area contributed by atoms with Crippen molar-refractivity contribution in [3.8, 4) is 11.1 Å². The molecule has 1 fully saturated rings. The van der Waals surface area contributed by atoms with E-state index in [4.69, 9.17) is 4.74 Å². The SMILES string of the molecule is CCC(NC(=O)OCC1c2ccccc2-c2ccccc21)C(=O)N[C@@H]1CCCC[C@@H]1C(=O)O. The predicted octanol–water partition coefficient (Wildman–Crippen LogP) is 4.06. The van der Waals surface area contributed by atoms with Gasteiger partial charge in [-0.25, -0.2) is 4.79 Å². The molecule has 2 aromatic rings. The molecule has 0 aromatic heterocycles. The minimum absolute atomic E-state index is 0.0596. The number of carbonyl (C=O) groups is 3. The Morgan fingerprint density at radius 3 is 2.21 bits per heavy atom. The molecule has 2 aromatic carbocycles. The second kappa shape index (κ2) is 10.1. The zero-order valence-corrected chi connectivity index (χ0v) is 18.8. The number of hydrogen-bond acceptors (Lipinski definition) is 4. The summed E-state index contributed by atoms with van der Waals surface area (Å²) in [6.07, 6.45) is 2.63. The van der Waals surface area contributed by atoms with Gasteiger partial charge in [0.05, 0.1) is 5.92 Å². The Balaban J connectivity index is 1.36. The van der Waals surface area contributed by atoms with Crippen molar-refractivity contribution in [3.63, 3.8) is 0 Å². The molecule has 3 atom stereocenters. The molecule has 2 amide bonds. The zero-order valence-electron chi connectivity index (χ0n) is 18.8. The Morgan fingerprint density at radius 2 is 1.61 bits per heavy atom. The predicted molar refractivity (Wildman–Crippen MR) is 124 cm³/mol. The molecule has 7 heteroatoms. The van der Waals surface area contributed by atoms with Gasteiger partial charge in [0.2, 0.25) is 5.91 Å². The number of carbonyl (C=O) groups excluding carboxylic acids is 2. The highest BCUT2D eigenvalue weighted by Crippen LogP contribution is 2.44. The van der Waals surface area contributed by atoms with Crippen LogP contribution < -0.4 is 10.6 Å². The van der Waals surface area contributed by atoms with E-state index in [1.165, 1.54) is 0 Å². The van der Waals surface area contributed by atoms with E-state index >= 15 is 0 Å². The lowest BCUT2D eigenvalue weighted by atomic mass is 9.84. The number of benzene rings is 2. The molecule has 33 heavy (non-hydrogen) atoms. The number of hydrogen-bond donors (Lipinski definition) is 3. The Kier molecular flexibility index (Phi) is 6.96. The Bertz CT molecular complexity index is 991. The normalized spacial score (nSPS) is 20.3. The average Bonchev–Trinajstić information content (AvgIpc) is 3.15. The monoisotopic (exact) mass is 450 g/mol. The van der Waals surface area contributed by atoms with Crippen LogP contribution in [0.3, 0.4) is 0 Å². The van der Waals surface area contributed by atoms with E-state index in [9.17, 15) is 19.5 Å². The van der Waals surface area contributed by atoms with E-state index in [0.29, 0.717) is 19.3 Å². The summed E-state index contributed by atoms with van der Waals surface area (Å²) in [6.45, 7) is 1.96. The lowest BCUT2D eigenvalue weighted by molar-refractivity contribution is -0.144. The van der Waals surface area contributed by atoms with Gasteiger partial charge in [-0.3, -0.25) is 9.59 Å². The highest BCUT2D eigenvalue weighted by atomic mass is 16.5. The summed E-state index contributed by atoms with van der Waals surface area (Å²) >= 11 is 0. The maximum Gasteiger partial charge on any atom is 0.407 e. The van der Waals surface area contributed by atoms with Gasteiger partial charge in [0, 0.05) is 12.0 Å². The molecule has 2 aliphatic carbocycles. The van der Waals surface area contributed by atoms with Gasteiger partial charge in [0.15, 0.2) is 0 Å². The first-order chi connectivity index (χ1) is 16.0. The molecule has 0 spiro atoms. The lowest BCUT2D eigenvalue weighted by Gasteiger charge is -2.30. The summed E-state index contributed by atoms with van der Waals surface area (Å²) in [5.41, 5.74) is 4.53. The second-order valence-electron chi connectivity index (χ2n) is 8.77. The second-order valence-corrected chi connectivity index (χ2v) is 8.77. The van der Waals surface area contributed by atoms with E-state index in [2.05, 4.69) is 22.8 Å². The van der Waals surface area contributed by atoms with Crippen LogP contribution in [0.5, 0.6) is 0 Å². The summed E-state index contributed by atoms with van der Waals surface area (Å²) in [7, 11) is 0. The average molecular weight is 451 g/mol. The number of amides is 2. The molecule has 1 unspecified atom stereocenters. The van der Waals surface area contributed by atoms with E-state index in [-0.39, 0.29) is 18.4 Å². The summed E-state index contributed by atoms with van der Waals surface area (Å²) in [5.74, 6) is -1.91. The van der Waals surface area contributed by atoms with Crippen LogP contribution in [0, 0.1) is 5.92 Å². The topological polar surface area (TPSA) is 105 Å². The van der Waals surface area contributed by atoms with Crippen molar-refractivity contribution in [1.29, 1.82) is 0 Å². The third-order valence-electron chi connectivity index (χ3n) is 6.77. The standard InChI is InChI=1S/C26H30N2O5/c1-2-22(24(29)27-23-14-8-7-13-20(23)25(30)31)28-26(32)33-15-21-18-11-5-3-9-16(18)17-10-4-6-12-19(17)21/h3-6,9-12,20-23H,2,7-8,13-15H2,1H3,(H,27,29)(H,28,32)(H,30,31)/t20-,22?,23+/m0/s1. The van der Waals surface area contributed by atoms with Gasteiger partial charge in [0.25, 0.3) is 0 Å². The van der Waals surface area contributed by atoms with E-state index in [1.54, 1.807) is 6.92 Å². The number of fused-ring (bicyclic) bond motifs is 3. The quantitative estimate of drug-likeness (QED) is 0.590. The van der Waals surface area contributed by atoms with Crippen molar-refractivity contribution in [3.05, 3.63) is 59.7 Å². The summed E-state index contributed by atoms with van der Waals surface area (Å²) in [6, 6.07) is 15.0. The van der Waals surface area contributed by atoms with Gasteiger partial charge in [0.1, 0.15) is 12.6 Å². The Morgan fingerprint density at radius 1 is 1.00 bits per heavy atom. The molecule has 0 aliphatic heterocycles. The minimum atomic E-state index is -0.891. The van der Waals surface area contributed by atoms with Gasteiger partial charge >= 0.3 is 12.1 Å².